The predicted octanol–water partition coefficient (Wildman–Crippen LogP) is 2.36. The second-order valence-electron chi connectivity index (χ2n) is 5.49. The smallest absolute Gasteiger partial charge is 0.0885 e. The number of hydrogen-bond acceptors (Lipinski definition) is 3. The molecule has 0 aliphatic carbocycles. The van der Waals surface area contributed by atoms with E-state index in [1.165, 1.54) is 17.5 Å². The largest absolute Gasteiger partial charge is 0.502 e. The first kappa shape index (κ1) is 14.8. The second kappa shape index (κ2) is 6.59. The molecule has 4 nitrogen and oxygen atoms in total. The van der Waals surface area contributed by atoms with Crippen LogP contribution in [0.15, 0.2) is 19.0 Å². The molecule has 0 bridgehead atoms. The maximum Gasteiger partial charge on any atom is 0.0885 e. The van der Waals surface area contributed by atoms with E-state index in [-0.39, 0.29) is 5.41 Å². The zero-order chi connectivity index (χ0) is 13.6. The quantitative estimate of drug-likeness (QED) is 0.597. The van der Waals surface area contributed by atoms with Crippen LogP contribution in [0, 0.1) is 0 Å². The Kier molecular flexibility index (Phi) is 5.41. The zero-order valence-electron chi connectivity index (χ0n) is 12.0. The molecule has 0 amide bonds. The van der Waals surface area contributed by atoms with Crippen LogP contribution in [-0.2, 0) is 23.7 Å². The third-order valence-corrected chi connectivity index (χ3v) is 2.66. The van der Waals surface area contributed by atoms with Gasteiger partial charge in [0.25, 0.3) is 0 Å². The average molecular weight is 251 g/mol. The fourth-order valence-corrected chi connectivity index (χ4v) is 1.89. The molecule has 0 fully saturated rings. The first-order valence-corrected chi connectivity index (χ1v) is 6.41. The van der Waals surface area contributed by atoms with Crippen LogP contribution >= 0.6 is 0 Å². The van der Waals surface area contributed by atoms with Gasteiger partial charge in [-0.1, -0.05) is 27.4 Å². The summed E-state index contributed by atoms with van der Waals surface area (Å²) >= 11 is 0. The maximum absolute atomic E-state index is 5.08. The summed E-state index contributed by atoms with van der Waals surface area (Å²) in [4.78, 5) is 0. The first-order valence-electron chi connectivity index (χ1n) is 6.41. The van der Waals surface area contributed by atoms with E-state index in [1.807, 2.05) is 11.7 Å². The Morgan fingerprint density at radius 1 is 1.50 bits per heavy atom. The van der Waals surface area contributed by atoms with E-state index in [0.29, 0.717) is 0 Å². The van der Waals surface area contributed by atoms with Gasteiger partial charge in [0, 0.05) is 30.8 Å². The van der Waals surface area contributed by atoms with Crippen molar-refractivity contribution in [3.8, 4) is 0 Å². The Labute approximate surface area is 110 Å². The van der Waals surface area contributed by atoms with Crippen LogP contribution in [0.2, 0.25) is 0 Å². The molecule has 0 aromatic carbocycles. The number of hydrogen-bond donors (Lipinski definition) is 1. The minimum absolute atomic E-state index is 0.0875. The summed E-state index contributed by atoms with van der Waals surface area (Å²) in [5.41, 5.74) is 2.53. The van der Waals surface area contributed by atoms with Crippen molar-refractivity contribution in [1.29, 1.82) is 0 Å². The van der Waals surface area contributed by atoms with E-state index < -0.39 is 0 Å². The molecule has 0 saturated carbocycles. The standard InChI is InChI=1S/C14H25N3O/c1-6-18-9-7-8-15-10-12-11-17(5)16-13(12)14(2,3)4/h6,11,15H,1,7-10H2,2-5H3. The highest BCUT2D eigenvalue weighted by Gasteiger charge is 2.21. The molecule has 0 atom stereocenters. The molecule has 0 radical (unpaired) electrons. The Bertz CT molecular complexity index is 377. The van der Waals surface area contributed by atoms with Gasteiger partial charge in [0.15, 0.2) is 0 Å². The van der Waals surface area contributed by atoms with Crippen molar-refractivity contribution in [2.24, 2.45) is 7.05 Å². The molecule has 0 spiro atoms. The highest BCUT2D eigenvalue weighted by molar-refractivity contribution is 5.23. The lowest BCUT2D eigenvalue weighted by Crippen LogP contribution is -2.20. The molecule has 1 rings (SSSR count). The summed E-state index contributed by atoms with van der Waals surface area (Å²) in [6, 6.07) is 0. The van der Waals surface area contributed by atoms with Crippen LogP contribution in [0.1, 0.15) is 38.4 Å². The summed E-state index contributed by atoms with van der Waals surface area (Å²) < 4.78 is 6.96. The van der Waals surface area contributed by atoms with E-state index in [1.54, 1.807) is 0 Å². The van der Waals surface area contributed by atoms with Crippen LogP contribution in [0.3, 0.4) is 0 Å². The zero-order valence-corrected chi connectivity index (χ0v) is 12.0. The van der Waals surface area contributed by atoms with Gasteiger partial charge in [-0.25, -0.2) is 0 Å². The summed E-state index contributed by atoms with van der Waals surface area (Å²) in [5, 5.41) is 7.97. The molecule has 102 valence electrons. The summed E-state index contributed by atoms with van der Waals surface area (Å²) in [7, 11) is 1.97. The Morgan fingerprint density at radius 2 is 2.22 bits per heavy atom. The van der Waals surface area contributed by atoms with Crippen LogP contribution in [0.25, 0.3) is 0 Å². The minimum atomic E-state index is 0.0875. The molecule has 0 aliphatic heterocycles. The Morgan fingerprint density at radius 3 is 2.83 bits per heavy atom. The number of ether oxygens (including phenoxy) is 1. The lowest BCUT2D eigenvalue weighted by molar-refractivity contribution is 0.244. The van der Waals surface area contributed by atoms with Gasteiger partial charge in [0.1, 0.15) is 0 Å². The van der Waals surface area contributed by atoms with Crippen molar-refractivity contribution >= 4 is 0 Å². The fraction of sp³-hybridized carbons (Fsp3) is 0.643. The first-order chi connectivity index (χ1) is 8.45. The third-order valence-electron chi connectivity index (χ3n) is 2.66. The van der Waals surface area contributed by atoms with Crippen LogP contribution in [0.4, 0.5) is 0 Å². The molecule has 4 heteroatoms. The van der Waals surface area contributed by atoms with E-state index >= 15 is 0 Å². The number of aryl methyl sites for hydroxylation is 1. The summed E-state index contributed by atoms with van der Waals surface area (Å²) in [6.45, 7) is 12.6. The van der Waals surface area contributed by atoms with Crippen molar-refractivity contribution in [2.45, 2.75) is 39.2 Å². The third kappa shape index (κ3) is 4.53. The molecule has 18 heavy (non-hydrogen) atoms. The molecule has 0 unspecified atom stereocenters. The van der Waals surface area contributed by atoms with Crippen molar-refractivity contribution < 1.29 is 4.74 Å². The molecule has 1 aromatic heterocycles. The summed E-state index contributed by atoms with van der Waals surface area (Å²) in [5.74, 6) is 0. The average Bonchev–Trinajstić information content (AvgIpc) is 2.64. The number of nitrogens with zero attached hydrogens (tertiary/aromatic N) is 2. The van der Waals surface area contributed by atoms with Gasteiger partial charge in [-0.2, -0.15) is 5.10 Å². The number of aromatic nitrogens is 2. The van der Waals surface area contributed by atoms with E-state index in [9.17, 15) is 0 Å². The molecule has 1 N–H and O–H groups in total. The highest BCUT2D eigenvalue weighted by atomic mass is 16.5. The molecule has 0 saturated heterocycles. The normalized spacial score (nSPS) is 11.6. The van der Waals surface area contributed by atoms with Gasteiger partial charge < -0.3 is 10.1 Å². The van der Waals surface area contributed by atoms with Gasteiger partial charge in [-0.3, -0.25) is 4.68 Å². The molecular weight excluding hydrogens is 226 g/mol. The van der Waals surface area contributed by atoms with Gasteiger partial charge in [-0.15, -0.1) is 0 Å². The van der Waals surface area contributed by atoms with E-state index in [0.717, 1.165) is 26.1 Å². The van der Waals surface area contributed by atoms with Crippen molar-refractivity contribution in [3.63, 3.8) is 0 Å². The maximum atomic E-state index is 5.08. The van der Waals surface area contributed by atoms with Crippen LogP contribution in [-0.4, -0.2) is 22.9 Å². The van der Waals surface area contributed by atoms with Crippen molar-refractivity contribution in [1.82, 2.24) is 15.1 Å². The topological polar surface area (TPSA) is 39.1 Å². The fourth-order valence-electron chi connectivity index (χ4n) is 1.89. The number of rotatable bonds is 7. The monoisotopic (exact) mass is 251 g/mol. The predicted molar refractivity (Wildman–Crippen MR) is 74.4 cm³/mol. The Balaban J connectivity index is 2.44. The molecular formula is C14H25N3O. The van der Waals surface area contributed by atoms with Gasteiger partial charge in [-0.05, 0) is 13.0 Å². The van der Waals surface area contributed by atoms with E-state index in [2.05, 4.69) is 44.0 Å². The number of nitrogens with one attached hydrogen (secondary N) is 1. The lowest BCUT2D eigenvalue weighted by atomic mass is 9.89. The second-order valence-corrected chi connectivity index (χ2v) is 5.49. The lowest BCUT2D eigenvalue weighted by Gasteiger charge is -2.17. The van der Waals surface area contributed by atoms with Gasteiger partial charge in [0.05, 0.1) is 18.6 Å². The Hall–Kier alpha value is -1.29. The molecule has 0 aliphatic rings. The molecule has 1 aromatic rings. The minimum Gasteiger partial charge on any atom is -0.502 e. The van der Waals surface area contributed by atoms with Gasteiger partial charge >= 0.3 is 0 Å². The molecule has 1 heterocycles. The SMILES string of the molecule is C=COCCCNCc1cn(C)nc1C(C)(C)C. The highest BCUT2D eigenvalue weighted by Crippen LogP contribution is 2.23. The van der Waals surface area contributed by atoms with Crippen LogP contribution in [0.5, 0.6) is 0 Å². The van der Waals surface area contributed by atoms with Crippen molar-refractivity contribution in [3.05, 3.63) is 30.3 Å². The van der Waals surface area contributed by atoms with E-state index in [4.69, 9.17) is 4.74 Å². The van der Waals surface area contributed by atoms with Gasteiger partial charge in [0.2, 0.25) is 0 Å². The van der Waals surface area contributed by atoms with Crippen LogP contribution < -0.4 is 5.32 Å². The summed E-state index contributed by atoms with van der Waals surface area (Å²) in [6.07, 6.45) is 4.56. The van der Waals surface area contributed by atoms with Crippen molar-refractivity contribution in [2.75, 3.05) is 13.2 Å².